The number of morpholine rings is 1. The molecule has 0 spiro atoms. The van der Waals surface area contributed by atoms with Crippen LogP contribution in [0.3, 0.4) is 0 Å². The molecule has 0 amide bonds. The molecular formula is C12H22N4O. The zero-order chi connectivity index (χ0) is 12.3. The molecule has 17 heavy (non-hydrogen) atoms. The van der Waals surface area contributed by atoms with E-state index in [-0.39, 0.29) is 6.10 Å². The molecule has 2 heterocycles. The quantitative estimate of drug-likeness (QED) is 0.837. The third-order valence-corrected chi connectivity index (χ3v) is 3.06. The van der Waals surface area contributed by atoms with Crippen LogP contribution in [0.5, 0.6) is 0 Å². The number of hydrogen-bond acceptors (Lipinski definition) is 4. The van der Waals surface area contributed by atoms with Crippen LogP contribution >= 0.6 is 0 Å². The van der Waals surface area contributed by atoms with Gasteiger partial charge in [-0.05, 0) is 21.0 Å². The van der Waals surface area contributed by atoms with Gasteiger partial charge in [0, 0.05) is 25.7 Å². The van der Waals surface area contributed by atoms with Crippen LogP contribution in [0.15, 0.2) is 12.5 Å². The van der Waals surface area contributed by atoms with Gasteiger partial charge in [0.25, 0.3) is 0 Å². The smallest absolute Gasteiger partial charge is 0.111 e. The first-order valence-electron chi connectivity index (χ1n) is 6.17. The van der Waals surface area contributed by atoms with Crippen LogP contribution < -0.4 is 5.32 Å². The van der Waals surface area contributed by atoms with Gasteiger partial charge in [0.1, 0.15) is 6.10 Å². The predicted molar refractivity (Wildman–Crippen MR) is 67.1 cm³/mol. The summed E-state index contributed by atoms with van der Waals surface area (Å²) in [5.74, 6) is 0. The first kappa shape index (κ1) is 12.5. The fraction of sp³-hybridized carbons (Fsp3) is 0.750. The van der Waals surface area contributed by atoms with Crippen molar-refractivity contribution in [2.45, 2.75) is 19.1 Å². The van der Waals surface area contributed by atoms with E-state index in [0.29, 0.717) is 6.04 Å². The maximum atomic E-state index is 5.78. The molecule has 5 heteroatoms. The normalized spacial score (nSPS) is 22.9. The molecule has 0 aromatic carbocycles. The second-order valence-corrected chi connectivity index (χ2v) is 4.90. The van der Waals surface area contributed by atoms with Crippen molar-refractivity contribution in [3.8, 4) is 0 Å². The summed E-state index contributed by atoms with van der Waals surface area (Å²) < 4.78 is 8.00. The van der Waals surface area contributed by atoms with Gasteiger partial charge in [-0.3, -0.25) is 0 Å². The summed E-state index contributed by atoms with van der Waals surface area (Å²) in [4.78, 5) is 6.45. The van der Waals surface area contributed by atoms with Gasteiger partial charge in [0.2, 0.25) is 0 Å². The third-order valence-electron chi connectivity index (χ3n) is 3.06. The maximum absolute atomic E-state index is 5.78. The Bertz CT molecular complexity index is 344. The van der Waals surface area contributed by atoms with Gasteiger partial charge in [0.05, 0.1) is 24.8 Å². The van der Waals surface area contributed by atoms with Crippen molar-refractivity contribution < 1.29 is 4.74 Å². The molecule has 96 valence electrons. The third kappa shape index (κ3) is 3.06. The minimum absolute atomic E-state index is 0.135. The molecule has 2 rings (SSSR count). The Labute approximate surface area is 103 Å². The number of imidazole rings is 1. The standard InChI is InChI=1S/C12H22N4O/c1-10(8-15(2)3)16-9-14-6-11(16)12-7-13-4-5-17-12/h6,9-10,12-13H,4-5,7-8H2,1-3H3. The number of nitrogens with zero attached hydrogens (tertiary/aromatic N) is 3. The molecule has 2 atom stereocenters. The fourth-order valence-electron chi connectivity index (χ4n) is 2.30. The molecule has 0 saturated carbocycles. The Morgan fingerprint density at radius 1 is 1.65 bits per heavy atom. The number of likely N-dealkylation sites (N-methyl/N-ethyl adjacent to an activating group) is 1. The van der Waals surface area contributed by atoms with Crippen LogP contribution in [-0.2, 0) is 4.74 Å². The van der Waals surface area contributed by atoms with Crippen LogP contribution in [-0.4, -0.2) is 54.8 Å². The summed E-state index contributed by atoms with van der Waals surface area (Å²) in [7, 11) is 4.18. The predicted octanol–water partition coefficient (Wildman–Crippen LogP) is 0.667. The number of rotatable bonds is 4. The Kier molecular flexibility index (Phi) is 4.15. The van der Waals surface area contributed by atoms with Gasteiger partial charge < -0.3 is 19.5 Å². The second-order valence-electron chi connectivity index (χ2n) is 4.90. The average Bonchev–Trinajstić information content (AvgIpc) is 2.78. The molecule has 0 bridgehead atoms. The number of hydrogen-bond donors (Lipinski definition) is 1. The minimum atomic E-state index is 0.135. The van der Waals surface area contributed by atoms with Crippen LogP contribution in [0.2, 0.25) is 0 Å². The first-order valence-corrected chi connectivity index (χ1v) is 6.17. The van der Waals surface area contributed by atoms with E-state index in [2.05, 4.69) is 40.8 Å². The van der Waals surface area contributed by atoms with E-state index < -0.39 is 0 Å². The molecular weight excluding hydrogens is 216 g/mol. The van der Waals surface area contributed by atoms with Gasteiger partial charge >= 0.3 is 0 Å². The summed E-state index contributed by atoms with van der Waals surface area (Å²) in [6, 6.07) is 0.410. The van der Waals surface area contributed by atoms with E-state index >= 15 is 0 Å². The van der Waals surface area contributed by atoms with Crippen molar-refractivity contribution in [1.82, 2.24) is 19.8 Å². The van der Waals surface area contributed by atoms with E-state index in [1.54, 1.807) is 0 Å². The highest BCUT2D eigenvalue weighted by Gasteiger charge is 2.21. The summed E-state index contributed by atoms with van der Waals surface area (Å²) in [5, 5.41) is 3.35. The van der Waals surface area contributed by atoms with Gasteiger partial charge in [-0.2, -0.15) is 0 Å². The zero-order valence-electron chi connectivity index (χ0n) is 10.9. The summed E-state index contributed by atoms with van der Waals surface area (Å²) >= 11 is 0. The molecule has 1 aliphatic heterocycles. The first-order chi connectivity index (χ1) is 8.18. The molecule has 1 aromatic rings. The highest BCUT2D eigenvalue weighted by molar-refractivity contribution is 5.06. The largest absolute Gasteiger partial charge is 0.369 e. The lowest BCUT2D eigenvalue weighted by Crippen LogP contribution is -2.35. The lowest BCUT2D eigenvalue weighted by molar-refractivity contribution is 0.0218. The van der Waals surface area contributed by atoms with E-state index in [0.717, 1.165) is 26.2 Å². The SMILES string of the molecule is CC(CN(C)C)n1cncc1C1CNCCO1. The van der Waals surface area contributed by atoms with Crippen molar-refractivity contribution in [1.29, 1.82) is 0 Å². The molecule has 1 saturated heterocycles. The summed E-state index contributed by atoms with van der Waals surface area (Å²) in [6.45, 7) is 5.81. The molecule has 1 aromatic heterocycles. The molecule has 1 fully saturated rings. The number of ether oxygens (including phenoxy) is 1. The van der Waals surface area contributed by atoms with Crippen LogP contribution in [0.4, 0.5) is 0 Å². The number of nitrogens with one attached hydrogen (secondary N) is 1. The number of aromatic nitrogens is 2. The van der Waals surface area contributed by atoms with E-state index in [1.165, 1.54) is 5.69 Å². The fourth-order valence-corrected chi connectivity index (χ4v) is 2.30. The lowest BCUT2D eigenvalue weighted by Gasteiger charge is -2.27. The summed E-state index contributed by atoms with van der Waals surface area (Å²) in [5.41, 5.74) is 1.17. The molecule has 2 unspecified atom stereocenters. The zero-order valence-corrected chi connectivity index (χ0v) is 10.9. The molecule has 5 nitrogen and oxygen atoms in total. The molecule has 1 N–H and O–H groups in total. The minimum Gasteiger partial charge on any atom is -0.369 e. The molecule has 0 aliphatic carbocycles. The topological polar surface area (TPSA) is 42.3 Å². The van der Waals surface area contributed by atoms with Gasteiger partial charge in [-0.15, -0.1) is 0 Å². The van der Waals surface area contributed by atoms with E-state index in [9.17, 15) is 0 Å². The van der Waals surface area contributed by atoms with E-state index in [1.807, 2.05) is 12.5 Å². The Hall–Kier alpha value is -0.910. The highest BCUT2D eigenvalue weighted by atomic mass is 16.5. The van der Waals surface area contributed by atoms with Crippen molar-refractivity contribution >= 4 is 0 Å². The van der Waals surface area contributed by atoms with Crippen molar-refractivity contribution in [2.75, 3.05) is 40.3 Å². The van der Waals surface area contributed by atoms with E-state index in [4.69, 9.17) is 4.74 Å². The Morgan fingerprint density at radius 3 is 3.12 bits per heavy atom. The van der Waals surface area contributed by atoms with Gasteiger partial charge in [-0.25, -0.2) is 4.98 Å². The Balaban J connectivity index is 2.09. The van der Waals surface area contributed by atoms with Crippen LogP contribution in [0.25, 0.3) is 0 Å². The Morgan fingerprint density at radius 2 is 2.47 bits per heavy atom. The van der Waals surface area contributed by atoms with Gasteiger partial charge in [-0.1, -0.05) is 0 Å². The van der Waals surface area contributed by atoms with Crippen molar-refractivity contribution in [2.24, 2.45) is 0 Å². The van der Waals surface area contributed by atoms with Crippen molar-refractivity contribution in [3.63, 3.8) is 0 Å². The summed E-state index contributed by atoms with van der Waals surface area (Å²) in [6.07, 6.45) is 3.96. The molecule has 0 radical (unpaired) electrons. The molecule has 1 aliphatic rings. The lowest BCUT2D eigenvalue weighted by atomic mass is 10.2. The average molecular weight is 238 g/mol. The van der Waals surface area contributed by atoms with Crippen LogP contribution in [0, 0.1) is 0 Å². The maximum Gasteiger partial charge on any atom is 0.111 e. The second kappa shape index (κ2) is 5.62. The van der Waals surface area contributed by atoms with Crippen LogP contribution in [0.1, 0.15) is 24.8 Å². The highest BCUT2D eigenvalue weighted by Crippen LogP contribution is 2.21. The monoisotopic (exact) mass is 238 g/mol. The van der Waals surface area contributed by atoms with Crippen molar-refractivity contribution in [3.05, 3.63) is 18.2 Å². The van der Waals surface area contributed by atoms with Gasteiger partial charge in [0.15, 0.2) is 0 Å².